The van der Waals surface area contributed by atoms with E-state index in [2.05, 4.69) is 0 Å². The highest BCUT2D eigenvalue weighted by Crippen LogP contribution is 2.25. The molecular formula is C29H28ClN3O2. The van der Waals surface area contributed by atoms with E-state index in [1.54, 1.807) is 39.8 Å². The van der Waals surface area contributed by atoms with Gasteiger partial charge in [0, 0.05) is 17.6 Å². The Kier molecular flexibility index (Phi) is 7.47. The van der Waals surface area contributed by atoms with Crippen molar-refractivity contribution in [2.75, 3.05) is 6.54 Å². The number of amides is 1. The van der Waals surface area contributed by atoms with Crippen molar-refractivity contribution in [1.29, 1.82) is 0 Å². The Morgan fingerprint density at radius 3 is 2.49 bits per heavy atom. The number of nitrogens with zero attached hydrogens (tertiary/aromatic N) is 3. The molecule has 0 aliphatic heterocycles. The lowest BCUT2D eigenvalue weighted by Crippen LogP contribution is -2.37. The van der Waals surface area contributed by atoms with Crippen LogP contribution in [0.5, 0.6) is 0 Å². The summed E-state index contributed by atoms with van der Waals surface area (Å²) in [4.78, 5) is 33.6. The van der Waals surface area contributed by atoms with Crippen LogP contribution < -0.4 is 5.56 Å². The highest BCUT2D eigenvalue weighted by Gasteiger charge is 2.25. The number of benzene rings is 3. The van der Waals surface area contributed by atoms with Crippen LogP contribution in [0.25, 0.3) is 22.7 Å². The van der Waals surface area contributed by atoms with Gasteiger partial charge in [-0.3, -0.25) is 14.2 Å². The van der Waals surface area contributed by atoms with Crippen LogP contribution in [0.15, 0.2) is 83.7 Å². The lowest BCUT2D eigenvalue weighted by Gasteiger charge is -2.29. The first-order valence-electron chi connectivity index (χ1n) is 11.7. The Morgan fingerprint density at radius 2 is 1.80 bits per heavy atom. The molecule has 1 unspecified atom stereocenters. The minimum Gasteiger partial charge on any atom is -0.329 e. The molecule has 4 aromatic rings. The molecule has 0 saturated carbocycles. The van der Waals surface area contributed by atoms with Crippen molar-refractivity contribution >= 4 is 34.5 Å². The number of aromatic nitrogens is 2. The van der Waals surface area contributed by atoms with E-state index in [4.69, 9.17) is 16.6 Å². The minimum absolute atomic E-state index is 0.140. The predicted molar refractivity (Wildman–Crippen MR) is 143 cm³/mol. The summed E-state index contributed by atoms with van der Waals surface area (Å²) in [7, 11) is 0. The van der Waals surface area contributed by atoms with Gasteiger partial charge >= 0.3 is 0 Å². The van der Waals surface area contributed by atoms with Crippen molar-refractivity contribution in [3.8, 4) is 5.69 Å². The van der Waals surface area contributed by atoms with Gasteiger partial charge in [-0.15, -0.1) is 0 Å². The third-order valence-electron chi connectivity index (χ3n) is 5.96. The van der Waals surface area contributed by atoms with Crippen LogP contribution in [0.2, 0.25) is 5.02 Å². The largest absolute Gasteiger partial charge is 0.329 e. The van der Waals surface area contributed by atoms with Gasteiger partial charge in [0.2, 0.25) is 5.91 Å². The lowest BCUT2D eigenvalue weighted by atomic mass is 10.1. The van der Waals surface area contributed by atoms with E-state index in [1.807, 2.05) is 75.4 Å². The number of hydrogen-bond acceptors (Lipinski definition) is 3. The van der Waals surface area contributed by atoms with Crippen molar-refractivity contribution in [3.63, 3.8) is 0 Å². The van der Waals surface area contributed by atoms with E-state index in [0.717, 1.165) is 17.5 Å². The number of hydrogen-bond donors (Lipinski definition) is 0. The number of carbonyl (C=O) groups excluding carboxylic acids is 1. The number of rotatable bonds is 7. The quantitative estimate of drug-likeness (QED) is 0.286. The normalized spacial score (nSPS) is 12.2. The van der Waals surface area contributed by atoms with Gasteiger partial charge in [-0.05, 0) is 62.2 Å². The SMILES string of the molecule is CCCN(C(=O)C=Cc1ccccc1)C(C)c1nc2cc(Cl)ccc2c(=O)n1-c1ccc(C)cc1. The van der Waals surface area contributed by atoms with E-state index in [-0.39, 0.29) is 11.5 Å². The number of halogens is 1. The predicted octanol–water partition coefficient (Wildman–Crippen LogP) is 6.36. The zero-order valence-corrected chi connectivity index (χ0v) is 20.9. The third-order valence-corrected chi connectivity index (χ3v) is 6.19. The summed E-state index contributed by atoms with van der Waals surface area (Å²) in [5.41, 5.74) is 3.05. The maximum absolute atomic E-state index is 13.7. The summed E-state index contributed by atoms with van der Waals surface area (Å²) in [5.74, 6) is 0.350. The molecule has 0 aliphatic rings. The topological polar surface area (TPSA) is 55.2 Å². The molecule has 3 aromatic carbocycles. The molecule has 6 heteroatoms. The second-order valence-corrected chi connectivity index (χ2v) is 9.00. The summed E-state index contributed by atoms with van der Waals surface area (Å²) in [5, 5.41) is 0.978. The van der Waals surface area contributed by atoms with Gasteiger partial charge in [-0.1, -0.05) is 66.6 Å². The van der Waals surface area contributed by atoms with Gasteiger partial charge in [0.1, 0.15) is 5.82 Å². The molecule has 5 nitrogen and oxygen atoms in total. The Labute approximate surface area is 210 Å². The average molecular weight is 486 g/mol. The molecule has 0 fully saturated rings. The van der Waals surface area contributed by atoms with E-state index in [1.165, 1.54) is 0 Å². The monoisotopic (exact) mass is 485 g/mol. The Bertz CT molecular complexity index is 1430. The van der Waals surface area contributed by atoms with Crippen LogP contribution in [0.4, 0.5) is 0 Å². The van der Waals surface area contributed by atoms with Crippen LogP contribution in [0.1, 0.15) is 43.3 Å². The first kappa shape index (κ1) is 24.4. The molecule has 1 heterocycles. The van der Waals surface area contributed by atoms with Crippen molar-refractivity contribution < 1.29 is 4.79 Å². The molecule has 1 amide bonds. The molecule has 0 aliphatic carbocycles. The summed E-state index contributed by atoms with van der Waals surface area (Å²) in [6, 6.07) is 22.0. The van der Waals surface area contributed by atoms with Gasteiger partial charge in [-0.25, -0.2) is 4.98 Å². The summed E-state index contributed by atoms with van der Waals surface area (Å²) in [6.45, 7) is 6.45. The van der Waals surface area contributed by atoms with Crippen LogP contribution in [-0.4, -0.2) is 26.9 Å². The first-order valence-corrected chi connectivity index (χ1v) is 12.1. The molecule has 4 rings (SSSR count). The van der Waals surface area contributed by atoms with E-state index in [0.29, 0.717) is 34.0 Å². The molecule has 0 spiro atoms. The van der Waals surface area contributed by atoms with Gasteiger partial charge < -0.3 is 4.90 Å². The standard InChI is InChI=1S/C29H28ClN3O2/c1-4-18-32(27(34)17-12-22-8-6-5-7-9-22)21(3)28-31-26-19-23(30)13-16-25(26)29(35)33(28)24-14-10-20(2)11-15-24/h5-17,19,21H,4,18H2,1-3H3. The van der Waals surface area contributed by atoms with Crippen LogP contribution in [-0.2, 0) is 4.79 Å². The molecule has 35 heavy (non-hydrogen) atoms. The molecule has 0 N–H and O–H groups in total. The maximum atomic E-state index is 13.7. The highest BCUT2D eigenvalue weighted by atomic mass is 35.5. The maximum Gasteiger partial charge on any atom is 0.266 e. The van der Waals surface area contributed by atoms with Crippen molar-refractivity contribution in [1.82, 2.24) is 14.5 Å². The number of carbonyl (C=O) groups is 1. The molecule has 0 bridgehead atoms. The van der Waals surface area contributed by atoms with Crippen molar-refractivity contribution in [2.24, 2.45) is 0 Å². The Morgan fingerprint density at radius 1 is 1.09 bits per heavy atom. The third kappa shape index (κ3) is 5.36. The molecule has 178 valence electrons. The molecule has 1 atom stereocenters. The zero-order valence-electron chi connectivity index (χ0n) is 20.1. The smallest absolute Gasteiger partial charge is 0.266 e. The van der Waals surface area contributed by atoms with Gasteiger partial charge in [-0.2, -0.15) is 0 Å². The summed E-state index contributed by atoms with van der Waals surface area (Å²) in [6.07, 6.45) is 4.15. The second-order valence-electron chi connectivity index (χ2n) is 8.56. The minimum atomic E-state index is -0.458. The van der Waals surface area contributed by atoms with Crippen LogP contribution in [0.3, 0.4) is 0 Å². The molecular weight excluding hydrogens is 458 g/mol. The van der Waals surface area contributed by atoms with E-state index in [9.17, 15) is 9.59 Å². The molecule has 0 saturated heterocycles. The molecule has 0 radical (unpaired) electrons. The van der Waals surface area contributed by atoms with Gasteiger partial charge in [0.15, 0.2) is 0 Å². The van der Waals surface area contributed by atoms with Gasteiger partial charge in [0.05, 0.1) is 22.6 Å². The Balaban J connectivity index is 1.84. The first-order chi connectivity index (χ1) is 16.9. The highest BCUT2D eigenvalue weighted by molar-refractivity contribution is 6.31. The fourth-order valence-corrected chi connectivity index (χ4v) is 4.27. The fourth-order valence-electron chi connectivity index (χ4n) is 4.10. The van der Waals surface area contributed by atoms with Crippen molar-refractivity contribution in [2.45, 2.75) is 33.2 Å². The Hall–Kier alpha value is -3.70. The number of aryl methyl sites for hydroxylation is 1. The fraction of sp³-hybridized carbons (Fsp3) is 0.207. The van der Waals surface area contributed by atoms with E-state index < -0.39 is 6.04 Å². The van der Waals surface area contributed by atoms with Crippen LogP contribution >= 0.6 is 11.6 Å². The molecule has 1 aromatic heterocycles. The van der Waals surface area contributed by atoms with E-state index >= 15 is 0 Å². The lowest BCUT2D eigenvalue weighted by molar-refractivity contribution is -0.128. The zero-order chi connectivity index (χ0) is 24.9. The second kappa shape index (κ2) is 10.7. The number of fused-ring (bicyclic) bond motifs is 1. The van der Waals surface area contributed by atoms with Crippen molar-refractivity contribution in [3.05, 3.63) is 111 Å². The van der Waals surface area contributed by atoms with Gasteiger partial charge in [0.25, 0.3) is 5.56 Å². The summed E-state index contributed by atoms with van der Waals surface area (Å²) < 4.78 is 1.61. The van der Waals surface area contributed by atoms with Crippen LogP contribution in [0, 0.1) is 6.92 Å². The average Bonchev–Trinajstić information content (AvgIpc) is 2.86. The summed E-state index contributed by atoms with van der Waals surface area (Å²) >= 11 is 6.22.